The smallest absolute Gasteiger partial charge is 0.255 e. The van der Waals surface area contributed by atoms with Crippen LogP contribution in [0.25, 0.3) is 0 Å². The molecule has 178 valence electrons. The summed E-state index contributed by atoms with van der Waals surface area (Å²) in [5.41, 5.74) is -3.99. The Morgan fingerprint density at radius 2 is 1.91 bits per heavy atom. The number of morpholine rings is 1. The minimum Gasteiger partial charge on any atom is -0.488 e. The lowest BCUT2D eigenvalue weighted by molar-refractivity contribution is -0.136. The van der Waals surface area contributed by atoms with Crippen molar-refractivity contribution in [1.82, 2.24) is 15.1 Å². The molecule has 0 aliphatic carbocycles. The summed E-state index contributed by atoms with van der Waals surface area (Å²) in [7, 11) is 0. The second-order valence-electron chi connectivity index (χ2n) is 6.80. The van der Waals surface area contributed by atoms with Gasteiger partial charge in [0, 0.05) is 61.8 Å². The zero-order valence-electron chi connectivity index (χ0n) is 34.9. The molecule has 3 aliphatic rings. The molecule has 0 spiro atoms. The van der Waals surface area contributed by atoms with E-state index in [4.69, 9.17) is 29.4 Å². The molecule has 0 saturated carbocycles. The normalized spacial score (nSPS) is 40.0. The summed E-state index contributed by atoms with van der Waals surface area (Å²) in [5.74, 6) is -7.39. The third-order valence-corrected chi connectivity index (χ3v) is 4.69. The highest BCUT2D eigenvalue weighted by molar-refractivity contribution is 6.05. The summed E-state index contributed by atoms with van der Waals surface area (Å²) in [5, 5.41) is 1.56. The van der Waals surface area contributed by atoms with Gasteiger partial charge in [0.1, 0.15) is 24.2 Å². The predicted octanol–water partition coefficient (Wildman–Crippen LogP) is 2.00. The van der Waals surface area contributed by atoms with Gasteiger partial charge >= 0.3 is 0 Å². The Morgan fingerprint density at radius 3 is 2.74 bits per heavy atom. The van der Waals surface area contributed by atoms with Gasteiger partial charge in [-0.05, 0) is 18.5 Å². The molecular weight excluding hydrogens is 441 g/mol. The first-order valence-electron chi connectivity index (χ1n) is 18.6. The van der Waals surface area contributed by atoms with Gasteiger partial charge in [-0.15, -0.1) is 0 Å². The van der Waals surface area contributed by atoms with Crippen molar-refractivity contribution in [2.45, 2.75) is 38.3 Å². The largest absolute Gasteiger partial charge is 0.488 e. The Labute approximate surface area is 221 Å². The van der Waals surface area contributed by atoms with E-state index >= 15 is 4.39 Å². The van der Waals surface area contributed by atoms with Crippen LogP contribution < -0.4 is 10.1 Å². The molecule has 0 bridgehead atoms. The van der Waals surface area contributed by atoms with Crippen molar-refractivity contribution in [3.05, 3.63) is 64.5 Å². The van der Waals surface area contributed by atoms with E-state index in [1.807, 2.05) is 0 Å². The Kier molecular flexibility index (Phi) is 2.73. The lowest BCUT2D eigenvalue weighted by Crippen LogP contribution is -2.52. The van der Waals surface area contributed by atoms with E-state index in [2.05, 4.69) is 4.74 Å². The van der Waals surface area contributed by atoms with Crippen molar-refractivity contribution < 1.29 is 52.9 Å². The molecule has 3 heterocycles. The molecule has 2 saturated heterocycles. The van der Waals surface area contributed by atoms with Crippen LogP contribution >= 0.6 is 0 Å². The maximum absolute atomic E-state index is 16.3. The zero-order chi connectivity index (χ0) is 39.8. The van der Waals surface area contributed by atoms with Crippen molar-refractivity contribution >= 4 is 17.7 Å². The summed E-state index contributed by atoms with van der Waals surface area (Å²) in [6.45, 7) is -25.7. The standard InChI is InChI=1S/C25H26FN3O5/c26-23-16(13-28-9-11-33-12-10-28)3-1-4-17(23)15-34-21-6-2-5-18-19(21)14-29(25(18)32)20-7-8-22(30)27-24(20)31/h1-6,20H,7-15H2,(H,27,30,31)/i7D2,8D2,9D2,10D2,11D2,12D2,13D2,14D2,15D2. The first-order chi connectivity index (χ1) is 23.2. The monoisotopic (exact) mass is 485 g/mol. The van der Waals surface area contributed by atoms with Crippen molar-refractivity contribution in [1.29, 1.82) is 0 Å². The fourth-order valence-corrected chi connectivity index (χ4v) is 3.16. The van der Waals surface area contributed by atoms with Gasteiger partial charge < -0.3 is 14.4 Å². The van der Waals surface area contributed by atoms with Crippen LogP contribution in [0.3, 0.4) is 0 Å². The number of carbonyl (C=O) groups is 3. The van der Waals surface area contributed by atoms with E-state index in [1.165, 1.54) is 0 Å². The molecule has 2 fully saturated rings. The van der Waals surface area contributed by atoms with Crippen LogP contribution in [0.5, 0.6) is 5.75 Å². The third-order valence-electron chi connectivity index (χ3n) is 4.69. The van der Waals surface area contributed by atoms with Gasteiger partial charge in [-0.2, -0.15) is 0 Å². The van der Waals surface area contributed by atoms with Gasteiger partial charge in [-0.3, -0.25) is 24.6 Å². The number of rotatable bonds is 6. The van der Waals surface area contributed by atoms with Crippen LogP contribution in [0, 0.1) is 5.82 Å². The first-order valence-corrected chi connectivity index (χ1v) is 9.56. The molecule has 1 unspecified atom stereocenters. The maximum Gasteiger partial charge on any atom is 0.255 e. The number of halogens is 1. The molecule has 0 radical (unpaired) electrons. The number of benzene rings is 2. The quantitative estimate of drug-likeness (QED) is 0.630. The number of amides is 3. The van der Waals surface area contributed by atoms with E-state index in [0.29, 0.717) is 12.1 Å². The number of ether oxygens (including phenoxy) is 2. The summed E-state index contributed by atoms with van der Waals surface area (Å²) in [6, 6.07) is 2.44. The minimum atomic E-state index is -3.84. The van der Waals surface area contributed by atoms with E-state index in [-0.39, 0.29) is 4.90 Å². The fourth-order valence-electron chi connectivity index (χ4n) is 3.16. The highest BCUT2D eigenvalue weighted by Gasteiger charge is 2.40. The van der Waals surface area contributed by atoms with Crippen molar-refractivity contribution in [3.8, 4) is 5.75 Å². The van der Waals surface area contributed by atoms with E-state index in [9.17, 15) is 14.4 Å². The molecular formula is C25H26FN3O5. The molecule has 0 aromatic heterocycles. The Morgan fingerprint density at radius 1 is 1.15 bits per heavy atom. The van der Waals surface area contributed by atoms with Gasteiger partial charge in [-0.25, -0.2) is 4.39 Å². The highest BCUT2D eigenvalue weighted by Crippen LogP contribution is 2.34. The second kappa shape index (κ2) is 9.52. The van der Waals surface area contributed by atoms with Crippen LogP contribution in [0.2, 0.25) is 0 Å². The molecule has 8 nitrogen and oxygen atoms in total. The number of piperidine rings is 1. The lowest BCUT2D eigenvalue weighted by atomic mass is 10.0. The Bertz CT molecular complexity index is 1860. The molecule has 5 rings (SSSR count). The summed E-state index contributed by atoms with van der Waals surface area (Å²) >= 11 is 0. The number of nitrogens with zero attached hydrogens (tertiary/aromatic N) is 2. The first kappa shape index (κ1) is 9.75. The Balaban J connectivity index is 1.58. The van der Waals surface area contributed by atoms with E-state index in [1.54, 1.807) is 5.32 Å². The van der Waals surface area contributed by atoms with E-state index < -0.39 is 121 Å². The van der Waals surface area contributed by atoms with Gasteiger partial charge in [0.05, 0.1) is 30.6 Å². The van der Waals surface area contributed by atoms with Gasteiger partial charge in [0.2, 0.25) is 11.8 Å². The van der Waals surface area contributed by atoms with Crippen LogP contribution in [-0.4, -0.2) is 59.7 Å². The Hall–Kier alpha value is -3.30. The average Bonchev–Trinajstić information content (AvgIpc) is 3.15. The van der Waals surface area contributed by atoms with E-state index in [0.717, 1.165) is 24.3 Å². The highest BCUT2D eigenvalue weighted by atomic mass is 19.1. The number of imide groups is 1. The third kappa shape index (κ3) is 4.41. The lowest BCUT2D eigenvalue weighted by Gasteiger charge is -2.29. The van der Waals surface area contributed by atoms with Crippen LogP contribution in [-0.2, 0) is 33.9 Å². The molecule has 1 atom stereocenters. The fraction of sp³-hybridized carbons (Fsp3) is 0.400. The molecule has 1 N–H and O–H groups in total. The predicted molar refractivity (Wildman–Crippen MR) is 119 cm³/mol. The molecule has 2 aromatic rings. The van der Waals surface area contributed by atoms with Gasteiger partial charge in [-0.1, -0.05) is 24.3 Å². The zero-order valence-corrected chi connectivity index (χ0v) is 16.9. The molecule has 3 aliphatic heterocycles. The summed E-state index contributed by atoms with van der Waals surface area (Å²) < 4.78 is 174. The van der Waals surface area contributed by atoms with Crippen LogP contribution in [0.1, 0.15) is 64.5 Å². The van der Waals surface area contributed by atoms with Crippen LogP contribution in [0.4, 0.5) is 4.39 Å². The van der Waals surface area contributed by atoms with Gasteiger partial charge in [0.25, 0.3) is 5.91 Å². The molecule has 34 heavy (non-hydrogen) atoms. The minimum absolute atomic E-state index is 0.0109. The SMILES string of the molecule is [2H]C([2H])(Oc1cccc2c1C([2H])([2H])N(C1C(=O)NC(=O)C([2H])([2H])C1([2H])[2H])C2=O)c1cccc(C([2H])([2H])N2C([2H])([2H])C([2H])([2H])OC([2H])([2H])C2([2H])[2H])c1F. The van der Waals surface area contributed by atoms with Crippen molar-refractivity contribution in [3.63, 3.8) is 0 Å². The summed E-state index contributed by atoms with van der Waals surface area (Å²) in [6.07, 6.45) is -6.96. The number of carbonyl (C=O) groups excluding carboxylic acids is 3. The molecule has 3 amide bonds. The summed E-state index contributed by atoms with van der Waals surface area (Å²) in [4.78, 5) is 37.9. The van der Waals surface area contributed by atoms with Crippen molar-refractivity contribution in [2.24, 2.45) is 0 Å². The number of nitrogens with one attached hydrogen (secondary N) is 1. The van der Waals surface area contributed by atoms with Gasteiger partial charge in [0.15, 0.2) is 0 Å². The average molecular weight is 486 g/mol. The number of hydrogen-bond donors (Lipinski definition) is 1. The second-order valence-corrected chi connectivity index (χ2v) is 6.80. The maximum atomic E-state index is 16.3. The number of fused-ring (bicyclic) bond motifs is 1. The molecule has 9 heteroatoms. The topological polar surface area (TPSA) is 88.2 Å². The molecule has 2 aromatic carbocycles. The van der Waals surface area contributed by atoms with Crippen molar-refractivity contribution in [2.75, 3.05) is 26.1 Å². The number of hydrogen-bond acceptors (Lipinski definition) is 6. The van der Waals surface area contributed by atoms with Crippen LogP contribution in [0.15, 0.2) is 36.4 Å².